The third-order valence-electron chi connectivity index (χ3n) is 3.32. The Morgan fingerprint density at radius 2 is 2.12 bits per heavy atom. The van der Waals surface area contributed by atoms with Crippen LogP contribution in [0.25, 0.3) is 0 Å². The van der Waals surface area contributed by atoms with Gasteiger partial charge in [-0.2, -0.15) is 0 Å². The number of hydrogen-bond acceptors (Lipinski definition) is 1. The average Bonchev–Trinajstić information content (AvgIpc) is 2.29. The second-order valence-corrected chi connectivity index (χ2v) is 10.9. The van der Waals surface area contributed by atoms with E-state index in [4.69, 9.17) is 0 Å². The largest absolute Gasteiger partial charge is 0.264 e. The second kappa shape index (κ2) is 6.15. The molecule has 0 spiro atoms. The molecule has 0 bridgehead atoms. The highest BCUT2D eigenvalue weighted by Gasteiger charge is 2.25. The first-order valence-electron chi connectivity index (χ1n) is 6.56. The van der Waals surface area contributed by atoms with Crippen molar-refractivity contribution in [3.63, 3.8) is 0 Å². The molecule has 0 aromatic carbocycles. The Morgan fingerprint density at radius 1 is 1.41 bits per heavy atom. The molecule has 1 heterocycles. The van der Waals surface area contributed by atoms with Gasteiger partial charge < -0.3 is 0 Å². The molecule has 1 aromatic heterocycles. The summed E-state index contributed by atoms with van der Waals surface area (Å²) in [5, 5.41) is 1.46. The quantitative estimate of drug-likeness (QED) is 0.659. The molecule has 0 amide bonds. The van der Waals surface area contributed by atoms with Crippen molar-refractivity contribution in [1.82, 2.24) is 4.98 Å². The first kappa shape index (κ1) is 14.2. The van der Waals surface area contributed by atoms with Crippen LogP contribution in [0.1, 0.15) is 37.7 Å². The zero-order valence-corrected chi connectivity index (χ0v) is 12.7. The summed E-state index contributed by atoms with van der Waals surface area (Å²) in [5.74, 6) is 0.510. The fourth-order valence-electron chi connectivity index (χ4n) is 2.06. The Bertz CT molecular complexity index is 351. The molecule has 0 fully saturated rings. The van der Waals surface area contributed by atoms with Crippen molar-refractivity contribution in [3.05, 3.63) is 41.9 Å². The summed E-state index contributed by atoms with van der Waals surface area (Å²) in [4.78, 5) is 4.25. The summed E-state index contributed by atoms with van der Waals surface area (Å²) >= 11 is 0. The lowest BCUT2D eigenvalue weighted by Gasteiger charge is -2.28. The normalized spacial score (nSPS) is 13.4. The summed E-state index contributed by atoms with van der Waals surface area (Å²) in [6, 6.07) is 4.23. The first-order valence-corrected chi connectivity index (χ1v) is 10.1. The lowest BCUT2D eigenvalue weighted by Crippen LogP contribution is -2.27. The van der Waals surface area contributed by atoms with Gasteiger partial charge in [-0.3, -0.25) is 4.98 Å². The van der Waals surface area contributed by atoms with Crippen molar-refractivity contribution >= 4 is 8.07 Å². The van der Waals surface area contributed by atoms with Gasteiger partial charge in [0.1, 0.15) is 0 Å². The molecule has 1 nitrogen and oxygen atoms in total. The third kappa shape index (κ3) is 4.12. The van der Waals surface area contributed by atoms with Crippen LogP contribution in [0, 0.1) is 0 Å². The lowest BCUT2D eigenvalue weighted by molar-refractivity contribution is 0.653. The number of hydrogen-bond donors (Lipinski definition) is 0. The maximum absolute atomic E-state index is 4.39. The van der Waals surface area contributed by atoms with Crippen LogP contribution in [0.5, 0.6) is 0 Å². The Kier molecular flexibility index (Phi) is 5.13. The summed E-state index contributed by atoms with van der Waals surface area (Å²) in [5.41, 5.74) is 1.34. The number of aromatic nitrogens is 1. The van der Waals surface area contributed by atoms with Crippen molar-refractivity contribution < 1.29 is 0 Å². The maximum Gasteiger partial charge on any atom is 0.0724 e. The molecule has 0 aliphatic carbocycles. The summed E-state index contributed by atoms with van der Waals surface area (Å²) in [6.45, 7) is 13.8. The minimum Gasteiger partial charge on any atom is -0.264 e. The molecule has 2 heteroatoms. The number of rotatable bonds is 6. The van der Waals surface area contributed by atoms with Crippen molar-refractivity contribution in [1.29, 1.82) is 0 Å². The number of allylic oxidation sites excluding steroid dienone is 1. The fourth-order valence-corrected chi connectivity index (χ4v) is 3.41. The van der Waals surface area contributed by atoms with Crippen molar-refractivity contribution in [2.24, 2.45) is 0 Å². The van der Waals surface area contributed by atoms with Gasteiger partial charge in [0.2, 0.25) is 0 Å². The van der Waals surface area contributed by atoms with Crippen molar-refractivity contribution in [2.75, 3.05) is 0 Å². The van der Waals surface area contributed by atoms with Gasteiger partial charge in [0.15, 0.2) is 0 Å². The zero-order chi connectivity index (χ0) is 12.9. The van der Waals surface area contributed by atoms with Gasteiger partial charge >= 0.3 is 0 Å². The Hall–Kier alpha value is -0.893. The van der Waals surface area contributed by atoms with Crippen LogP contribution in [0.4, 0.5) is 0 Å². The van der Waals surface area contributed by atoms with Crippen LogP contribution < -0.4 is 0 Å². The minimum absolute atomic E-state index is 0.510. The highest BCUT2D eigenvalue weighted by atomic mass is 28.3. The molecule has 1 atom stereocenters. The molecular formula is C15H25NSi. The van der Waals surface area contributed by atoms with Crippen molar-refractivity contribution in [2.45, 2.75) is 51.7 Å². The van der Waals surface area contributed by atoms with E-state index >= 15 is 0 Å². The first-order chi connectivity index (χ1) is 7.96. The second-order valence-electron chi connectivity index (χ2n) is 5.76. The average molecular weight is 247 g/mol. The number of nitrogens with zero attached hydrogens (tertiary/aromatic N) is 1. The molecule has 17 heavy (non-hydrogen) atoms. The molecule has 0 N–H and O–H groups in total. The van der Waals surface area contributed by atoms with Crippen LogP contribution >= 0.6 is 0 Å². The number of pyridine rings is 1. The molecule has 1 aromatic rings. The summed E-state index contributed by atoms with van der Waals surface area (Å²) < 4.78 is 0. The lowest BCUT2D eigenvalue weighted by atomic mass is 9.95. The highest BCUT2D eigenvalue weighted by molar-refractivity contribution is 6.83. The monoisotopic (exact) mass is 247 g/mol. The highest BCUT2D eigenvalue weighted by Crippen LogP contribution is 2.33. The predicted molar refractivity (Wildman–Crippen MR) is 79.0 cm³/mol. The molecule has 0 radical (unpaired) electrons. The van der Waals surface area contributed by atoms with E-state index in [9.17, 15) is 0 Å². The molecule has 1 unspecified atom stereocenters. The van der Waals surface area contributed by atoms with Gasteiger partial charge in [-0.25, -0.2) is 0 Å². The van der Waals surface area contributed by atoms with Gasteiger partial charge in [-0.05, 0) is 18.1 Å². The van der Waals surface area contributed by atoms with Gasteiger partial charge in [0.05, 0.1) is 8.07 Å². The summed E-state index contributed by atoms with van der Waals surface area (Å²) in [6.07, 6.45) is 7.58. The fraction of sp³-hybridized carbons (Fsp3) is 0.533. The molecule has 0 aliphatic heterocycles. The van der Waals surface area contributed by atoms with Crippen LogP contribution in [0.15, 0.2) is 36.3 Å². The minimum atomic E-state index is -1.28. The van der Waals surface area contributed by atoms with E-state index in [2.05, 4.69) is 44.2 Å². The SMILES string of the molecule is C=C(C(CCCC)c1cccnc1)[Si](C)(C)C. The van der Waals surface area contributed by atoms with Crippen molar-refractivity contribution in [3.8, 4) is 0 Å². The van der Waals surface area contributed by atoms with E-state index in [0.29, 0.717) is 5.92 Å². The Balaban J connectivity index is 2.92. The zero-order valence-electron chi connectivity index (χ0n) is 11.7. The van der Waals surface area contributed by atoms with Crippen LogP contribution in [-0.4, -0.2) is 13.1 Å². The van der Waals surface area contributed by atoms with E-state index in [1.54, 1.807) is 0 Å². The van der Waals surface area contributed by atoms with Gasteiger partial charge in [0.25, 0.3) is 0 Å². The molecular weight excluding hydrogens is 222 g/mol. The van der Waals surface area contributed by atoms with Gasteiger partial charge in [0, 0.05) is 18.3 Å². The van der Waals surface area contributed by atoms with Gasteiger partial charge in [-0.15, -0.1) is 6.58 Å². The molecule has 94 valence electrons. The van der Waals surface area contributed by atoms with Gasteiger partial charge in [-0.1, -0.05) is 50.7 Å². The topological polar surface area (TPSA) is 12.9 Å². The third-order valence-corrected chi connectivity index (χ3v) is 5.59. The molecule has 0 saturated heterocycles. The number of unbranched alkanes of at least 4 members (excludes halogenated alkanes) is 1. The molecule has 0 saturated carbocycles. The van der Waals surface area contributed by atoms with Crippen LogP contribution in [0.2, 0.25) is 19.6 Å². The van der Waals surface area contributed by atoms with Crippen LogP contribution in [-0.2, 0) is 0 Å². The summed E-state index contributed by atoms with van der Waals surface area (Å²) in [7, 11) is -1.28. The van der Waals surface area contributed by atoms with E-state index in [0.717, 1.165) is 0 Å². The molecule has 1 rings (SSSR count). The molecule has 0 aliphatic rings. The standard InChI is InChI=1S/C15H25NSi/c1-6-7-10-15(13(2)17(3,4)5)14-9-8-11-16-12-14/h8-9,11-12,15H,2,6-7,10H2,1,3-5H3. The Labute approximate surface area is 107 Å². The maximum atomic E-state index is 4.39. The smallest absolute Gasteiger partial charge is 0.0724 e. The van der Waals surface area contributed by atoms with E-state index in [-0.39, 0.29) is 0 Å². The van der Waals surface area contributed by atoms with E-state index in [1.807, 2.05) is 18.5 Å². The Morgan fingerprint density at radius 3 is 2.59 bits per heavy atom. The van der Waals surface area contributed by atoms with E-state index in [1.165, 1.54) is 30.0 Å². The predicted octanol–water partition coefficient (Wildman–Crippen LogP) is 4.79. The van der Waals surface area contributed by atoms with Crippen LogP contribution in [0.3, 0.4) is 0 Å². The van der Waals surface area contributed by atoms with E-state index < -0.39 is 8.07 Å².